The van der Waals surface area contributed by atoms with E-state index in [2.05, 4.69) is 37.0 Å². The molecule has 13 heavy (non-hydrogen) atoms. The van der Waals surface area contributed by atoms with E-state index in [0.29, 0.717) is 6.04 Å². The van der Waals surface area contributed by atoms with Crippen LogP contribution in [0.5, 0.6) is 0 Å². The molecule has 1 heterocycles. The molecule has 0 unspecified atom stereocenters. The first kappa shape index (κ1) is 10.2. The summed E-state index contributed by atoms with van der Waals surface area (Å²) in [5.41, 5.74) is 1.31. The van der Waals surface area contributed by atoms with E-state index in [9.17, 15) is 0 Å². The molecule has 0 fully saturated rings. The predicted octanol–water partition coefficient (Wildman–Crippen LogP) is 2.48. The van der Waals surface area contributed by atoms with Crippen LogP contribution in [-0.2, 0) is 0 Å². The van der Waals surface area contributed by atoms with E-state index in [-0.39, 0.29) is 0 Å². The lowest BCUT2D eigenvalue weighted by Gasteiger charge is -2.23. The average Bonchev–Trinajstić information content (AvgIpc) is 2.15. The van der Waals surface area contributed by atoms with Gasteiger partial charge in [-0.05, 0) is 32.1 Å². The van der Waals surface area contributed by atoms with Crippen LogP contribution in [0.1, 0.15) is 31.4 Å². The van der Waals surface area contributed by atoms with Gasteiger partial charge in [-0.3, -0.25) is 4.98 Å². The van der Waals surface area contributed by atoms with Crippen LogP contribution in [0.2, 0.25) is 0 Å². The topological polar surface area (TPSA) is 16.1 Å². The number of rotatable bonds is 4. The van der Waals surface area contributed by atoms with Gasteiger partial charge in [-0.1, -0.05) is 19.4 Å². The zero-order chi connectivity index (χ0) is 9.68. The van der Waals surface area contributed by atoms with Crippen molar-refractivity contribution in [2.45, 2.75) is 25.8 Å². The molecule has 0 spiro atoms. The van der Waals surface area contributed by atoms with Gasteiger partial charge in [0.15, 0.2) is 0 Å². The van der Waals surface area contributed by atoms with E-state index < -0.39 is 0 Å². The highest BCUT2D eigenvalue weighted by Crippen LogP contribution is 2.21. The lowest BCUT2D eigenvalue weighted by atomic mass is 10.0. The third kappa shape index (κ3) is 2.81. The van der Waals surface area contributed by atoms with Gasteiger partial charge >= 0.3 is 0 Å². The molecule has 0 aromatic carbocycles. The maximum Gasteiger partial charge on any atom is 0.0357 e. The summed E-state index contributed by atoms with van der Waals surface area (Å²) in [6.07, 6.45) is 6.18. The molecule has 1 aromatic rings. The fraction of sp³-hybridized carbons (Fsp3) is 0.545. The van der Waals surface area contributed by atoms with Crippen molar-refractivity contribution in [2.75, 3.05) is 14.1 Å². The van der Waals surface area contributed by atoms with Gasteiger partial charge in [-0.25, -0.2) is 0 Å². The molecular weight excluding hydrogens is 160 g/mol. The van der Waals surface area contributed by atoms with Crippen molar-refractivity contribution < 1.29 is 0 Å². The van der Waals surface area contributed by atoms with E-state index in [4.69, 9.17) is 0 Å². The lowest BCUT2D eigenvalue weighted by Crippen LogP contribution is -2.19. The second-order valence-electron chi connectivity index (χ2n) is 3.55. The Morgan fingerprint density at radius 2 is 2.23 bits per heavy atom. The van der Waals surface area contributed by atoms with Gasteiger partial charge < -0.3 is 4.90 Å². The molecule has 1 aromatic heterocycles. The molecule has 1 rings (SSSR count). The fourth-order valence-electron chi connectivity index (χ4n) is 1.57. The van der Waals surface area contributed by atoms with Crippen LogP contribution in [0.15, 0.2) is 24.5 Å². The Morgan fingerprint density at radius 1 is 1.46 bits per heavy atom. The fourth-order valence-corrected chi connectivity index (χ4v) is 1.57. The summed E-state index contributed by atoms with van der Waals surface area (Å²) in [6.45, 7) is 2.22. The largest absolute Gasteiger partial charge is 0.302 e. The number of nitrogens with zero attached hydrogens (tertiary/aromatic N) is 2. The van der Waals surface area contributed by atoms with Gasteiger partial charge in [-0.15, -0.1) is 0 Å². The summed E-state index contributed by atoms with van der Waals surface area (Å²) in [6, 6.07) is 4.66. The van der Waals surface area contributed by atoms with Crippen molar-refractivity contribution in [3.05, 3.63) is 30.1 Å². The molecule has 0 N–H and O–H groups in total. The van der Waals surface area contributed by atoms with E-state index in [1.54, 1.807) is 0 Å². The van der Waals surface area contributed by atoms with Gasteiger partial charge in [0.25, 0.3) is 0 Å². The van der Waals surface area contributed by atoms with E-state index >= 15 is 0 Å². The molecule has 0 saturated heterocycles. The predicted molar refractivity (Wildman–Crippen MR) is 55.6 cm³/mol. The van der Waals surface area contributed by atoms with E-state index in [0.717, 1.165) is 0 Å². The highest BCUT2D eigenvalue weighted by molar-refractivity contribution is 5.13. The van der Waals surface area contributed by atoms with Crippen molar-refractivity contribution in [3.63, 3.8) is 0 Å². The zero-order valence-electron chi connectivity index (χ0n) is 8.70. The van der Waals surface area contributed by atoms with E-state index in [1.807, 2.05) is 18.5 Å². The summed E-state index contributed by atoms with van der Waals surface area (Å²) in [4.78, 5) is 6.39. The first-order chi connectivity index (χ1) is 6.25. The number of aromatic nitrogens is 1. The molecule has 0 saturated carbocycles. The first-order valence-corrected chi connectivity index (χ1v) is 4.82. The van der Waals surface area contributed by atoms with Crippen LogP contribution in [0.3, 0.4) is 0 Å². The lowest BCUT2D eigenvalue weighted by molar-refractivity contribution is 0.281. The molecule has 0 bridgehead atoms. The minimum Gasteiger partial charge on any atom is -0.302 e. The molecule has 0 amide bonds. The van der Waals surface area contributed by atoms with Crippen molar-refractivity contribution in [1.82, 2.24) is 9.88 Å². The first-order valence-electron chi connectivity index (χ1n) is 4.82. The highest BCUT2D eigenvalue weighted by atomic mass is 15.1. The zero-order valence-corrected chi connectivity index (χ0v) is 8.70. The van der Waals surface area contributed by atoms with Crippen LogP contribution in [-0.4, -0.2) is 24.0 Å². The summed E-state index contributed by atoms with van der Waals surface area (Å²) in [5.74, 6) is 0. The van der Waals surface area contributed by atoms with Gasteiger partial charge in [0, 0.05) is 18.4 Å². The number of hydrogen-bond acceptors (Lipinski definition) is 2. The standard InChI is InChI=1S/C11H18N2/c1-4-6-11(13(2)3)10-7-5-8-12-9-10/h5,7-9,11H,4,6H2,1-3H3/t11-/m1/s1. The van der Waals surface area contributed by atoms with Crippen LogP contribution >= 0.6 is 0 Å². The van der Waals surface area contributed by atoms with Gasteiger partial charge in [0.05, 0.1) is 0 Å². The van der Waals surface area contributed by atoms with Gasteiger partial charge in [0.2, 0.25) is 0 Å². The Morgan fingerprint density at radius 3 is 2.69 bits per heavy atom. The average molecular weight is 178 g/mol. The minimum absolute atomic E-state index is 0.513. The van der Waals surface area contributed by atoms with Gasteiger partial charge in [-0.2, -0.15) is 0 Å². The summed E-state index contributed by atoms with van der Waals surface area (Å²) in [5, 5.41) is 0. The summed E-state index contributed by atoms with van der Waals surface area (Å²) < 4.78 is 0. The molecule has 0 aliphatic carbocycles. The number of hydrogen-bond donors (Lipinski definition) is 0. The van der Waals surface area contributed by atoms with Gasteiger partial charge in [0.1, 0.15) is 0 Å². The van der Waals surface area contributed by atoms with Crippen LogP contribution in [0.4, 0.5) is 0 Å². The Labute approximate surface area is 80.6 Å². The summed E-state index contributed by atoms with van der Waals surface area (Å²) >= 11 is 0. The number of pyridine rings is 1. The molecule has 1 atom stereocenters. The van der Waals surface area contributed by atoms with Crippen LogP contribution in [0, 0.1) is 0 Å². The molecule has 72 valence electrons. The Kier molecular flexibility index (Phi) is 3.90. The van der Waals surface area contributed by atoms with Crippen molar-refractivity contribution >= 4 is 0 Å². The second kappa shape index (κ2) is 4.97. The SMILES string of the molecule is CCC[C@H](c1cccnc1)N(C)C. The highest BCUT2D eigenvalue weighted by Gasteiger charge is 2.11. The van der Waals surface area contributed by atoms with Crippen molar-refractivity contribution in [1.29, 1.82) is 0 Å². The smallest absolute Gasteiger partial charge is 0.0357 e. The molecule has 0 aliphatic rings. The van der Waals surface area contributed by atoms with Crippen molar-refractivity contribution in [3.8, 4) is 0 Å². The molecular formula is C11H18N2. The molecule has 2 nitrogen and oxygen atoms in total. The molecule has 0 radical (unpaired) electrons. The monoisotopic (exact) mass is 178 g/mol. The minimum atomic E-state index is 0.513. The van der Waals surface area contributed by atoms with Crippen molar-refractivity contribution in [2.24, 2.45) is 0 Å². The third-order valence-corrected chi connectivity index (χ3v) is 2.25. The Bertz CT molecular complexity index is 231. The Balaban J connectivity index is 2.76. The van der Waals surface area contributed by atoms with E-state index in [1.165, 1.54) is 18.4 Å². The third-order valence-electron chi connectivity index (χ3n) is 2.25. The quantitative estimate of drug-likeness (QED) is 0.704. The normalized spacial score (nSPS) is 13.2. The maximum atomic E-state index is 4.14. The summed E-state index contributed by atoms with van der Waals surface area (Å²) in [7, 11) is 4.24. The van der Waals surface area contributed by atoms with Crippen LogP contribution < -0.4 is 0 Å². The molecule has 2 heteroatoms. The molecule has 0 aliphatic heterocycles. The Hall–Kier alpha value is -0.890. The van der Waals surface area contributed by atoms with Crippen LogP contribution in [0.25, 0.3) is 0 Å². The maximum absolute atomic E-state index is 4.14. The second-order valence-corrected chi connectivity index (χ2v) is 3.55.